The van der Waals surface area contributed by atoms with Gasteiger partial charge in [-0.15, -0.1) is 0 Å². The van der Waals surface area contributed by atoms with Crippen LogP contribution in [0.4, 0.5) is 5.69 Å². The van der Waals surface area contributed by atoms with E-state index in [1.165, 1.54) is 25.3 Å². The first kappa shape index (κ1) is 13.1. The van der Waals surface area contributed by atoms with E-state index in [4.69, 9.17) is 10.5 Å². The van der Waals surface area contributed by atoms with Crippen molar-refractivity contribution in [2.24, 2.45) is 10.7 Å². The minimum atomic E-state index is -0.546. The topological polar surface area (TPSA) is 108 Å². The van der Waals surface area contributed by atoms with Gasteiger partial charge in [0, 0.05) is 6.07 Å². The molecule has 19 heavy (non-hydrogen) atoms. The van der Waals surface area contributed by atoms with Crippen molar-refractivity contribution in [1.29, 1.82) is 0 Å². The lowest BCUT2D eigenvalue weighted by Crippen LogP contribution is -2.01. The minimum absolute atomic E-state index is 0.160. The molecule has 0 fully saturated rings. The van der Waals surface area contributed by atoms with Crippen molar-refractivity contribution in [3.63, 3.8) is 0 Å². The predicted octanol–water partition coefficient (Wildman–Crippen LogP) is 1.53. The molecule has 8 heteroatoms. The van der Waals surface area contributed by atoms with E-state index in [-0.39, 0.29) is 16.6 Å². The second-order valence-electron chi connectivity index (χ2n) is 3.55. The van der Waals surface area contributed by atoms with Crippen molar-refractivity contribution >= 4 is 34.6 Å². The summed E-state index contributed by atoms with van der Waals surface area (Å²) in [5.41, 5.74) is 5.76. The molecule has 0 atom stereocenters. The van der Waals surface area contributed by atoms with Crippen molar-refractivity contribution < 1.29 is 14.5 Å². The number of methoxy groups -OCH3 is 1. The average Bonchev–Trinajstić information content (AvgIpc) is 2.67. The maximum Gasteiger partial charge on any atom is 0.311 e. The molecular formula is C11H9N3O4S. The Morgan fingerprint density at radius 1 is 1.53 bits per heavy atom. The third-order valence-electron chi connectivity index (χ3n) is 2.33. The predicted molar refractivity (Wildman–Crippen MR) is 71.8 cm³/mol. The molecule has 0 aliphatic carbocycles. The van der Waals surface area contributed by atoms with Crippen LogP contribution in [0.15, 0.2) is 28.1 Å². The number of carbonyl (C=O) groups excluding carboxylic acids is 1. The van der Waals surface area contributed by atoms with E-state index in [0.717, 1.165) is 11.8 Å². The van der Waals surface area contributed by atoms with E-state index in [2.05, 4.69) is 4.99 Å². The number of benzene rings is 1. The summed E-state index contributed by atoms with van der Waals surface area (Å²) in [6.45, 7) is 0. The van der Waals surface area contributed by atoms with Gasteiger partial charge in [0.05, 0.1) is 16.9 Å². The molecule has 1 aliphatic heterocycles. The summed E-state index contributed by atoms with van der Waals surface area (Å²) in [5.74, 6) is -0.283. The van der Waals surface area contributed by atoms with Crippen molar-refractivity contribution in [3.8, 4) is 5.75 Å². The van der Waals surface area contributed by atoms with Crippen molar-refractivity contribution in [2.45, 2.75) is 0 Å². The number of aliphatic imine (C=N–C) groups is 1. The normalized spacial score (nSPS) is 16.6. The number of carbonyl (C=O) groups is 1. The molecule has 0 unspecified atom stereocenters. The number of nitrogens with zero attached hydrogens (tertiary/aromatic N) is 2. The van der Waals surface area contributed by atoms with Crippen LogP contribution in [0.5, 0.6) is 5.75 Å². The highest BCUT2D eigenvalue weighted by molar-refractivity contribution is 8.18. The van der Waals surface area contributed by atoms with E-state index in [1.54, 1.807) is 6.07 Å². The molecule has 1 amide bonds. The van der Waals surface area contributed by atoms with Gasteiger partial charge in [-0.05, 0) is 29.5 Å². The molecule has 2 N–H and O–H groups in total. The number of nitro benzene ring substituents is 1. The van der Waals surface area contributed by atoms with Gasteiger partial charge in [0.2, 0.25) is 0 Å². The molecule has 0 spiro atoms. The Morgan fingerprint density at radius 3 is 2.79 bits per heavy atom. The molecule has 0 aromatic heterocycles. The summed E-state index contributed by atoms with van der Waals surface area (Å²) in [6, 6.07) is 4.41. The molecule has 1 aromatic rings. The molecule has 2 rings (SSSR count). The van der Waals surface area contributed by atoms with Crippen LogP contribution in [0.2, 0.25) is 0 Å². The highest BCUT2D eigenvalue weighted by Crippen LogP contribution is 2.31. The van der Waals surface area contributed by atoms with Gasteiger partial charge in [-0.3, -0.25) is 14.9 Å². The Kier molecular flexibility index (Phi) is 3.52. The average molecular weight is 279 g/mol. The SMILES string of the molecule is COc1ccc(/C=C2/SC(N)=NC2=O)cc1[N+](=O)[O-]. The van der Waals surface area contributed by atoms with E-state index >= 15 is 0 Å². The fourth-order valence-electron chi connectivity index (χ4n) is 1.52. The second-order valence-corrected chi connectivity index (χ2v) is 4.62. The zero-order valence-corrected chi connectivity index (χ0v) is 10.6. The lowest BCUT2D eigenvalue weighted by atomic mass is 10.1. The van der Waals surface area contributed by atoms with Gasteiger partial charge in [-0.2, -0.15) is 4.99 Å². The Bertz CT molecular complexity index is 624. The largest absolute Gasteiger partial charge is 0.490 e. The highest BCUT2D eigenvalue weighted by atomic mass is 32.2. The monoisotopic (exact) mass is 279 g/mol. The van der Waals surface area contributed by atoms with Crippen molar-refractivity contribution in [3.05, 3.63) is 38.8 Å². The van der Waals surface area contributed by atoms with Crippen LogP contribution in [0.25, 0.3) is 6.08 Å². The third-order valence-corrected chi connectivity index (χ3v) is 3.15. The molecular weight excluding hydrogens is 270 g/mol. The quantitative estimate of drug-likeness (QED) is 0.510. The molecule has 98 valence electrons. The van der Waals surface area contributed by atoms with Crippen LogP contribution in [0, 0.1) is 10.1 Å². The molecule has 0 bridgehead atoms. The zero-order chi connectivity index (χ0) is 14.0. The van der Waals surface area contributed by atoms with Gasteiger partial charge >= 0.3 is 5.69 Å². The summed E-state index contributed by atoms with van der Waals surface area (Å²) in [7, 11) is 1.35. The molecule has 7 nitrogen and oxygen atoms in total. The number of amides is 1. The van der Waals surface area contributed by atoms with E-state index in [0.29, 0.717) is 10.5 Å². The number of ether oxygens (including phenoxy) is 1. The maximum absolute atomic E-state index is 11.4. The lowest BCUT2D eigenvalue weighted by molar-refractivity contribution is -0.385. The summed E-state index contributed by atoms with van der Waals surface area (Å²) in [5, 5.41) is 11.0. The molecule has 1 heterocycles. The number of rotatable bonds is 3. The number of nitro groups is 1. The van der Waals surface area contributed by atoms with Gasteiger partial charge in [0.25, 0.3) is 5.91 Å². The van der Waals surface area contributed by atoms with Crippen LogP contribution in [-0.2, 0) is 4.79 Å². The van der Waals surface area contributed by atoms with Crippen LogP contribution in [0.3, 0.4) is 0 Å². The van der Waals surface area contributed by atoms with E-state index < -0.39 is 10.8 Å². The summed E-state index contributed by atoms with van der Waals surface area (Å²) >= 11 is 1.03. The van der Waals surface area contributed by atoms with Crippen molar-refractivity contribution in [2.75, 3.05) is 7.11 Å². The molecule has 1 aromatic carbocycles. The summed E-state index contributed by atoms with van der Waals surface area (Å²) in [6.07, 6.45) is 1.50. The van der Waals surface area contributed by atoms with Gasteiger partial charge < -0.3 is 10.5 Å². The molecule has 0 saturated heterocycles. The summed E-state index contributed by atoms with van der Waals surface area (Å²) in [4.78, 5) is 25.6. The number of nitrogens with two attached hydrogens (primary N) is 1. The van der Waals surface area contributed by atoms with Gasteiger partial charge in [-0.1, -0.05) is 6.07 Å². The minimum Gasteiger partial charge on any atom is -0.490 e. The van der Waals surface area contributed by atoms with Crippen LogP contribution in [-0.4, -0.2) is 23.1 Å². The molecule has 0 radical (unpaired) electrons. The lowest BCUT2D eigenvalue weighted by Gasteiger charge is -2.02. The van der Waals surface area contributed by atoms with Crippen molar-refractivity contribution in [1.82, 2.24) is 0 Å². The van der Waals surface area contributed by atoms with E-state index in [9.17, 15) is 14.9 Å². The first-order valence-electron chi connectivity index (χ1n) is 5.11. The van der Waals surface area contributed by atoms with Gasteiger partial charge in [0.15, 0.2) is 10.9 Å². The number of hydrogen-bond donors (Lipinski definition) is 1. The fraction of sp³-hybridized carbons (Fsp3) is 0.0909. The van der Waals surface area contributed by atoms with Crippen LogP contribution < -0.4 is 10.5 Å². The van der Waals surface area contributed by atoms with Gasteiger partial charge in [0.1, 0.15) is 0 Å². The highest BCUT2D eigenvalue weighted by Gasteiger charge is 2.20. The molecule has 0 saturated carbocycles. The van der Waals surface area contributed by atoms with Crippen LogP contribution >= 0.6 is 11.8 Å². The zero-order valence-electron chi connectivity index (χ0n) is 9.82. The number of amidine groups is 1. The Balaban J connectivity index is 2.38. The Hall–Kier alpha value is -2.35. The number of hydrogen-bond acceptors (Lipinski definition) is 6. The first-order valence-corrected chi connectivity index (χ1v) is 5.93. The second kappa shape index (κ2) is 5.11. The smallest absolute Gasteiger partial charge is 0.311 e. The maximum atomic E-state index is 11.4. The fourth-order valence-corrected chi connectivity index (χ4v) is 2.20. The van der Waals surface area contributed by atoms with Gasteiger partial charge in [-0.25, -0.2) is 0 Å². The molecule has 1 aliphatic rings. The first-order chi connectivity index (χ1) is 9.01. The van der Waals surface area contributed by atoms with Crippen LogP contribution in [0.1, 0.15) is 5.56 Å². The standard InChI is InChI=1S/C11H9N3O4S/c1-18-8-3-2-6(4-7(8)14(16)17)5-9-10(15)13-11(12)19-9/h2-5H,1H3,(H2,12,13,15)/b9-5+. The Morgan fingerprint density at radius 2 is 2.26 bits per heavy atom. The van der Waals surface area contributed by atoms with E-state index in [1.807, 2.05) is 0 Å². The Labute approximate surface area is 112 Å². The summed E-state index contributed by atoms with van der Waals surface area (Å²) < 4.78 is 4.89. The third kappa shape index (κ3) is 2.74. The number of thioether (sulfide) groups is 1.